The predicted octanol–water partition coefficient (Wildman–Crippen LogP) is 1.41. The highest BCUT2D eigenvalue weighted by Crippen LogP contribution is 2.26. The number of fused-ring (bicyclic) bond motifs is 1. The van der Waals surface area contributed by atoms with Crippen LogP contribution in [-0.2, 0) is 27.9 Å². The molecule has 2 heterocycles. The van der Waals surface area contributed by atoms with Gasteiger partial charge < -0.3 is 9.67 Å². The van der Waals surface area contributed by atoms with Crippen LogP contribution in [0.1, 0.15) is 17.0 Å². The van der Waals surface area contributed by atoms with Gasteiger partial charge in [0.15, 0.2) is 0 Å². The second-order valence-corrected chi connectivity index (χ2v) is 7.93. The summed E-state index contributed by atoms with van der Waals surface area (Å²) in [7, 11) is -3.81. The molecular formula is C16H19N3O4S. The zero-order valence-electron chi connectivity index (χ0n) is 13.5. The molecule has 0 saturated heterocycles. The maximum Gasteiger partial charge on any atom is 0.309 e. The van der Waals surface area contributed by atoms with Crippen molar-refractivity contribution in [3.63, 3.8) is 0 Å². The lowest BCUT2D eigenvalue weighted by molar-refractivity contribution is -0.142. The van der Waals surface area contributed by atoms with E-state index in [9.17, 15) is 18.3 Å². The molecule has 8 heteroatoms. The van der Waals surface area contributed by atoms with E-state index in [4.69, 9.17) is 0 Å². The topological polar surface area (TPSA) is 92.5 Å². The Balaban J connectivity index is 2.06. The van der Waals surface area contributed by atoms with E-state index < -0.39 is 21.9 Å². The molecule has 1 atom stereocenters. The van der Waals surface area contributed by atoms with Crippen molar-refractivity contribution in [2.24, 2.45) is 5.92 Å². The van der Waals surface area contributed by atoms with Gasteiger partial charge in [-0.3, -0.25) is 4.79 Å². The summed E-state index contributed by atoms with van der Waals surface area (Å²) in [6.07, 6.45) is 3.24. The highest BCUT2D eigenvalue weighted by molar-refractivity contribution is 7.89. The van der Waals surface area contributed by atoms with Gasteiger partial charge in [-0.2, -0.15) is 4.31 Å². The quantitative estimate of drug-likeness (QED) is 0.904. The molecule has 128 valence electrons. The van der Waals surface area contributed by atoms with Gasteiger partial charge in [0, 0.05) is 25.5 Å². The number of carbonyl (C=O) groups is 1. The molecule has 1 aliphatic heterocycles. The van der Waals surface area contributed by atoms with Crippen molar-refractivity contribution in [1.82, 2.24) is 13.9 Å². The average molecular weight is 349 g/mol. The molecule has 1 aromatic carbocycles. The number of hydrogen-bond acceptors (Lipinski definition) is 4. The fourth-order valence-electron chi connectivity index (χ4n) is 2.90. The summed E-state index contributed by atoms with van der Waals surface area (Å²) in [5, 5.41) is 9.42. The van der Waals surface area contributed by atoms with Gasteiger partial charge in [-0.05, 0) is 31.0 Å². The molecule has 1 unspecified atom stereocenters. The second kappa shape index (κ2) is 6.03. The number of nitrogens with zero attached hydrogens (tertiary/aromatic N) is 3. The number of hydrogen-bond donors (Lipinski definition) is 1. The van der Waals surface area contributed by atoms with Crippen molar-refractivity contribution in [3.8, 4) is 0 Å². The van der Waals surface area contributed by atoms with E-state index in [1.807, 2.05) is 13.0 Å². The minimum absolute atomic E-state index is 0.0620. The lowest BCUT2D eigenvalue weighted by Crippen LogP contribution is -2.37. The van der Waals surface area contributed by atoms with Crippen LogP contribution in [0.4, 0.5) is 0 Å². The first-order valence-electron chi connectivity index (χ1n) is 7.60. The number of aromatic nitrogens is 2. The molecule has 0 radical (unpaired) electrons. The summed E-state index contributed by atoms with van der Waals surface area (Å²) >= 11 is 0. The van der Waals surface area contributed by atoms with Crippen LogP contribution in [0, 0.1) is 19.8 Å². The Hall–Kier alpha value is -2.19. The molecular weight excluding hydrogens is 330 g/mol. The van der Waals surface area contributed by atoms with Gasteiger partial charge in [0.25, 0.3) is 0 Å². The average Bonchev–Trinajstić information content (AvgIpc) is 2.86. The Morgan fingerprint density at radius 3 is 2.75 bits per heavy atom. The summed E-state index contributed by atoms with van der Waals surface area (Å²) in [4.78, 5) is 15.9. The molecule has 1 N–H and O–H groups in total. The Kier molecular flexibility index (Phi) is 4.18. The number of carboxylic acid groups (broad SMARTS) is 1. The van der Waals surface area contributed by atoms with Crippen LogP contribution >= 0.6 is 0 Å². The number of aliphatic carboxylic acids is 1. The van der Waals surface area contributed by atoms with E-state index in [0.717, 1.165) is 5.56 Å². The van der Waals surface area contributed by atoms with E-state index in [2.05, 4.69) is 4.98 Å². The largest absolute Gasteiger partial charge is 0.481 e. The summed E-state index contributed by atoms with van der Waals surface area (Å²) in [5.41, 5.74) is 1.55. The van der Waals surface area contributed by atoms with E-state index >= 15 is 0 Å². The zero-order chi connectivity index (χ0) is 17.5. The van der Waals surface area contributed by atoms with Crippen molar-refractivity contribution in [2.75, 3.05) is 6.54 Å². The Morgan fingerprint density at radius 2 is 2.04 bits per heavy atom. The van der Waals surface area contributed by atoms with Crippen LogP contribution in [0.5, 0.6) is 0 Å². The van der Waals surface area contributed by atoms with Crippen molar-refractivity contribution in [2.45, 2.75) is 31.8 Å². The van der Waals surface area contributed by atoms with Gasteiger partial charge in [-0.1, -0.05) is 12.1 Å². The van der Waals surface area contributed by atoms with Crippen LogP contribution in [0.25, 0.3) is 0 Å². The van der Waals surface area contributed by atoms with Crippen molar-refractivity contribution in [1.29, 1.82) is 0 Å². The van der Waals surface area contributed by atoms with Crippen LogP contribution < -0.4 is 0 Å². The first-order chi connectivity index (χ1) is 11.3. The number of sulfonamides is 1. The lowest BCUT2D eigenvalue weighted by Gasteiger charge is -2.23. The standard InChI is InChI=1S/C16H19N3O4S/c1-11-4-3-5-14(12(11)2)24(22,23)19-9-13(16(20)21)8-18-7-6-17-15(18)10-19/h3-7,13H,8-10H2,1-2H3,(H,20,21). The first-order valence-corrected chi connectivity index (χ1v) is 9.04. The fourth-order valence-corrected chi connectivity index (χ4v) is 4.64. The molecule has 1 aromatic heterocycles. The molecule has 0 bridgehead atoms. The maximum atomic E-state index is 13.1. The van der Waals surface area contributed by atoms with Gasteiger partial charge in [-0.15, -0.1) is 0 Å². The van der Waals surface area contributed by atoms with Gasteiger partial charge in [0.05, 0.1) is 17.4 Å². The number of imidazole rings is 1. The Morgan fingerprint density at radius 1 is 1.29 bits per heavy atom. The molecule has 0 fully saturated rings. The summed E-state index contributed by atoms with van der Waals surface area (Å²) < 4.78 is 29.1. The van der Waals surface area contributed by atoms with E-state index in [0.29, 0.717) is 11.4 Å². The molecule has 24 heavy (non-hydrogen) atoms. The van der Waals surface area contributed by atoms with Crippen LogP contribution in [0.15, 0.2) is 35.5 Å². The third kappa shape index (κ3) is 2.83. The summed E-state index contributed by atoms with van der Waals surface area (Å²) in [5.74, 6) is -1.29. The van der Waals surface area contributed by atoms with Crippen molar-refractivity contribution < 1.29 is 18.3 Å². The van der Waals surface area contributed by atoms with Gasteiger partial charge in [0.2, 0.25) is 10.0 Å². The molecule has 0 spiro atoms. The van der Waals surface area contributed by atoms with E-state index in [1.165, 1.54) is 4.31 Å². The zero-order valence-corrected chi connectivity index (χ0v) is 14.3. The molecule has 2 aromatic rings. The number of carboxylic acids is 1. The normalized spacial score (nSPS) is 18.8. The first kappa shape index (κ1) is 16.7. The molecule has 1 aliphatic rings. The maximum absolute atomic E-state index is 13.1. The van der Waals surface area contributed by atoms with Crippen LogP contribution in [0.3, 0.4) is 0 Å². The van der Waals surface area contributed by atoms with Crippen LogP contribution in [0.2, 0.25) is 0 Å². The SMILES string of the molecule is Cc1cccc(S(=O)(=O)N2Cc3nccn3CC(C(=O)O)C2)c1C. The fraction of sp³-hybridized carbons (Fsp3) is 0.375. The summed E-state index contributed by atoms with van der Waals surface area (Å²) in [6, 6.07) is 5.11. The van der Waals surface area contributed by atoms with Gasteiger partial charge in [-0.25, -0.2) is 13.4 Å². The van der Waals surface area contributed by atoms with Crippen molar-refractivity contribution >= 4 is 16.0 Å². The minimum Gasteiger partial charge on any atom is -0.481 e. The Labute approximate surface area is 140 Å². The number of benzene rings is 1. The highest BCUT2D eigenvalue weighted by atomic mass is 32.2. The molecule has 7 nitrogen and oxygen atoms in total. The third-order valence-corrected chi connectivity index (χ3v) is 6.44. The van der Waals surface area contributed by atoms with Crippen LogP contribution in [-0.4, -0.2) is 39.9 Å². The van der Waals surface area contributed by atoms with E-state index in [1.54, 1.807) is 36.0 Å². The predicted molar refractivity (Wildman–Crippen MR) is 86.9 cm³/mol. The Bertz CT molecular complexity index is 888. The minimum atomic E-state index is -3.81. The monoisotopic (exact) mass is 349 g/mol. The van der Waals surface area contributed by atoms with Crippen molar-refractivity contribution in [3.05, 3.63) is 47.5 Å². The molecule has 0 saturated carbocycles. The number of rotatable bonds is 3. The van der Waals surface area contributed by atoms with Gasteiger partial charge in [0.1, 0.15) is 5.82 Å². The molecule has 0 amide bonds. The highest BCUT2D eigenvalue weighted by Gasteiger charge is 2.35. The lowest BCUT2D eigenvalue weighted by atomic mass is 10.1. The van der Waals surface area contributed by atoms with Gasteiger partial charge >= 0.3 is 5.97 Å². The third-order valence-electron chi connectivity index (χ3n) is 4.48. The van der Waals surface area contributed by atoms with E-state index in [-0.39, 0.29) is 24.5 Å². The molecule has 3 rings (SSSR count). The molecule has 0 aliphatic carbocycles. The second-order valence-electron chi connectivity index (χ2n) is 6.03. The summed E-state index contributed by atoms with van der Waals surface area (Å²) in [6.45, 7) is 3.81. The number of aryl methyl sites for hydroxylation is 1. The smallest absolute Gasteiger partial charge is 0.309 e.